The van der Waals surface area contributed by atoms with Crippen LogP contribution in [0.3, 0.4) is 0 Å². The van der Waals surface area contributed by atoms with Gasteiger partial charge in [-0.1, -0.05) is 19.1 Å². The third-order valence-corrected chi connectivity index (χ3v) is 4.00. The molecule has 1 heterocycles. The van der Waals surface area contributed by atoms with Gasteiger partial charge < -0.3 is 9.84 Å². The summed E-state index contributed by atoms with van der Waals surface area (Å²) in [6, 6.07) is 7.95. The SMILES string of the molecule is CCCOc1cccc(CN2CCCC2(C)C(=O)O)c1. The summed E-state index contributed by atoms with van der Waals surface area (Å²) in [7, 11) is 0. The Kier molecular flexibility index (Phi) is 4.65. The third kappa shape index (κ3) is 3.12. The maximum atomic E-state index is 11.5. The molecule has 1 unspecified atom stereocenters. The molecule has 0 spiro atoms. The minimum atomic E-state index is -0.736. The summed E-state index contributed by atoms with van der Waals surface area (Å²) >= 11 is 0. The van der Waals surface area contributed by atoms with E-state index in [1.807, 2.05) is 36.1 Å². The zero-order chi connectivity index (χ0) is 14.6. The van der Waals surface area contributed by atoms with E-state index < -0.39 is 11.5 Å². The van der Waals surface area contributed by atoms with E-state index in [1.165, 1.54) is 0 Å². The molecule has 20 heavy (non-hydrogen) atoms. The monoisotopic (exact) mass is 277 g/mol. The molecule has 1 fully saturated rings. The smallest absolute Gasteiger partial charge is 0.323 e. The van der Waals surface area contributed by atoms with Crippen LogP contribution in [0.15, 0.2) is 24.3 Å². The highest BCUT2D eigenvalue weighted by Gasteiger charge is 2.43. The molecule has 4 heteroatoms. The topological polar surface area (TPSA) is 49.8 Å². The fourth-order valence-corrected chi connectivity index (χ4v) is 2.69. The highest BCUT2D eigenvalue weighted by Crippen LogP contribution is 2.31. The summed E-state index contributed by atoms with van der Waals surface area (Å²) < 4.78 is 5.62. The Morgan fingerprint density at radius 2 is 2.30 bits per heavy atom. The van der Waals surface area contributed by atoms with Crippen molar-refractivity contribution >= 4 is 5.97 Å². The van der Waals surface area contributed by atoms with Gasteiger partial charge in [0.2, 0.25) is 0 Å². The summed E-state index contributed by atoms with van der Waals surface area (Å²) in [4.78, 5) is 13.5. The molecular weight excluding hydrogens is 254 g/mol. The van der Waals surface area contributed by atoms with E-state index in [9.17, 15) is 9.90 Å². The van der Waals surface area contributed by atoms with Crippen LogP contribution in [0.25, 0.3) is 0 Å². The Morgan fingerprint density at radius 3 is 3.00 bits per heavy atom. The molecule has 1 aliphatic heterocycles. The second-order valence-electron chi connectivity index (χ2n) is 5.60. The number of nitrogens with zero attached hydrogens (tertiary/aromatic N) is 1. The lowest BCUT2D eigenvalue weighted by Gasteiger charge is -2.31. The first kappa shape index (κ1) is 14.9. The zero-order valence-corrected chi connectivity index (χ0v) is 12.3. The minimum Gasteiger partial charge on any atom is -0.494 e. The zero-order valence-electron chi connectivity index (χ0n) is 12.3. The fourth-order valence-electron chi connectivity index (χ4n) is 2.69. The van der Waals surface area contributed by atoms with Crippen LogP contribution >= 0.6 is 0 Å². The number of aliphatic carboxylic acids is 1. The highest BCUT2D eigenvalue weighted by molar-refractivity contribution is 5.78. The van der Waals surface area contributed by atoms with Crippen LogP contribution in [0, 0.1) is 0 Å². The van der Waals surface area contributed by atoms with Crippen molar-refractivity contribution in [2.24, 2.45) is 0 Å². The molecule has 0 aromatic heterocycles. The molecule has 0 radical (unpaired) electrons. The van der Waals surface area contributed by atoms with Crippen molar-refractivity contribution in [2.45, 2.75) is 45.2 Å². The first-order chi connectivity index (χ1) is 9.56. The van der Waals surface area contributed by atoms with Gasteiger partial charge in [0.25, 0.3) is 0 Å². The lowest BCUT2D eigenvalue weighted by Crippen LogP contribution is -2.47. The van der Waals surface area contributed by atoms with Gasteiger partial charge in [-0.05, 0) is 50.4 Å². The predicted molar refractivity (Wildman–Crippen MR) is 77.9 cm³/mol. The maximum Gasteiger partial charge on any atom is 0.323 e. The molecule has 1 atom stereocenters. The number of carboxylic acid groups (broad SMARTS) is 1. The Bertz CT molecular complexity index is 475. The fraction of sp³-hybridized carbons (Fsp3) is 0.562. The Labute approximate surface area is 120 Å². The van der Waals surface area contributed by atoms with Gasteiger partial charge in [0.1, 0.15) is 11.3 Å². The standard InChI is InChI=1S/C16H23NO3/c1-3-10-20-14-7-4-6-13(11-14)12-17-9-5-8-16(17,2)15(18)19/h4,6-7,11H,3,5,8-10,12H2,1-2H3,(H,18,19). The summed E-state index contributed by atoms with van der Waals surface area (Å²) in [5.41, 5.74) is 0.369. The van der Waals surface area contributed by atoms with E-state index >= 15 is 0 Å². The van der Waals surface area contributed by atoms with E-state index in [4.69, 9.17) is 4.74 Å². The van der Waals surface area contributed by atoms with Crippen molar-refractivity contribution in [3.63, 3.8) is 0 Å². The van der Waals surface area contributed by atoms with E-state index in [-0.39, 0.29) is 0 Å². The van der Waals surface area contributed by atoms with Crippen LogP contribution < -0.4 is 4.74 Å². The molecule has 0 aliphatic carbocycles. The Morgan fingerprint density at radius 1 is 1.50 bits per heavy atom. The van der Waals surface area contributed by atoms with E-state index in [2.05, 4.69) is 6.92 Å². The van der Waals surface area contributed by atoms with E-state index in [0.29, 0.717) is 19.6 Å². The summed E-state index contributed by atoms with van der Waals surface area (Å²) in [6.45, 7) is 6.10. The average Bonchev–Trinajstić information content (AvgIpc) is 2.80. The van der Waals surface area contributed by atoms with Crippen LogP contribution in [-0.4, -0.2) is 34.7 Å². The molecular formula is C16H23NO3. The summed E-state index contributed by atoms with van der Waals surface area (Å²) in [5, 5.41) is 9.43. The van der Waals surface area contributed by atoms with E-state index in [1.54, 1.807) is 0 Å². The maximum absolute atomic E-state index is 11.5. The molecule has 1 aromatic rings. The number of rotatable bonds is 6. The number of hydrogen-bond acceptors (Lipinski definition) is 3. The van der Waals surface area contributed by atoms with Crippen LogP contribution in [0.4, 0.5) is 0 Å². The Hall–Kier alpha value is -1.55. The van der Waals surface area contributed by atoms with Crippen LogP contribution in [0.2, 0.25) is 0 Å². The average molecular weight is 277 g/mol. The van der Waals surface area contributed by atoms with Gasteiger partial charge in [0, 0.05) is 6.54 Å². The van der Waals surface area contributed by atoms with Crippen molar-refractivity contribution in [2.75, 3.05) is 13.2 Å². The largest absolute Gasteiger partial charge is 0.494 e. The molecule has 0 amide bonds. The van der Waals surface area contributed by atoms with Gasteiger partial charge >= 0.3 is 5.97 Å². The number of likely N-dealkylation sites (tertiary alicyclic amines) is 1. The molecule has 0 saturated carbocycles. The predicted octanol–water partition coefficient (Wildman–Crippen LogP) is 2.91. The quantitative estimate of drug-likeness (QED) is 0.868. The van der Waals surface area contributed by atoms with Crippen molar-refractivity contribution in [1.29, 1.82) is 0 Å². The number of hydrogen-bond donors (Lipinski definition) is 1. The second-order valence-corrected chi connectivity index (χ2v) is 5.60. The van der Waals surface area contributed by atoms with Gasteiger partial charge in [-0.2, -0.15) is 0 Å². The number of carbonyl (C=O) groups is 1. The number of benzene rings is 1. The Balaban J connectivity index is 2.07. The van der Waals surface area contributed by atoms with Crippen LogP contribution in [-0.2, 0) is 11.3 Å². The highest BCUT2D eigenvalue weighted by atomic mass is 16.5. The third-order valence-electron chi connectivity index (χ3n) is 4.00. The van der Waals surface area contributed by atoms with E-state index in [0.717, 1.165) is 30.7 Å². The summed E-state index contributed by atoms with van der Waals surface area (Å²) in [6.07, 6.45) is 2.64. The number of ether oxygens (including phenoxy) is 1. The molecule has 0 bridgehead atoms. The van der Waals surface area contributed by atoms with Crippen LogP contribution in [0.1, 0.15) is 38.7 Å². The molecule has 1 aromatic carbocycles. The van der Waals surface area contributed by atoms with Crippen molar-refractivity contribution in [1.82, 2.24) is 4.90 Å². The van der Waals surface area contributed by atoms with Crippen LogP contribution in [0.5, 0.6) is 5.75 Å². The van der Waals surface area contributed by atoms with Gasteiger partial charge in [-0.3, -0.25) is 9.69 Å². The van der Waals surface area contributed by atoms with Gasteiger partial charge in [0.15, 0.2) is 0 Å². The van der Waals surface area contributed by atoms with Crippen molar-refractivity contribution < 1.29 is 14.6 Å². The summed E-state index contributed by atoms with van der Waals surface area (Å²) in [5.74, 6) is 0.133. The van der Waals surface area contributed by atoms with Crippen molar-refractivity contribution in [3.05, 3.63) is 29.8 Å². The normalized spacial score (nSPS) is 22.9. The molecule has 1 saturated heterocycles. The lowest BCUT2D eigenvalue weighted by atomic mass is 9.99. The first-order valence-corrected chi connectivity index (χ1v) is 7.26. The first-order valence-electron chi connectivity index (χ1n) is 7.26. The van der Waals surface area contributed by atoms with Crippen molar-refractivity contribution in [3.8, 4) is 5.75 Å². The second kappa shape index (κ2) is 6.27. The lowest BCUT2D eigenvalue weighted by molar-refractivity contribution is -0.148. The molecule has 2 rings (SSSR count). The van der Waals surface area contributed by atoms with Gasteiger partial charge in [-0.15, -0.1) is 0 Å². The molecule has 4 nitrogen and oxygen atoms in total. The van der Waals surface area contributed by atoms with Gasteiger partial charge in [0.05, 0.1) is 6.61 Å². The molecule has 110 valence electrons. The minimum absolute atomic E-state index is 0.659. The van der Waals surface area contributed by atoms with Gasteiger partial charge in [-0.25, -0.2) is 0 Å². The molecule has 1 aliphatic rings. The molecule has 1 N–H and O–H groups in total. The number of carboxylic acids is 1.